The summed E-state index contributed by atoms with van der Waals surface area (Å²) in [6.45, 7) is 4.01. The Bertz CT molecular complexity index is 250. The van der Waals surface area contributed by atoms with Crippen LogP contribution in [0.2, 0.25) is 0 Å². The summed E-state index contributed by atoms with van der Waals surface area (Å²) in [6.07, 6.45) is 0. The van der Waals surface area contributed by atoms with Crippen molar-refractivity contribution < 1.29 is 10.7 Å². The van der Waals surface area contributed by atoms with E-state index in [2.05, 4.69) is 15.9 Å². The van der Waals surface area contributed by atoms with E-state index in [1.807, 2.05) is 26.0 Å². The van der Waals surface area contributed by atoms with Gasteiger partial charge in [0.15, 0.2) is 5.69 Å². The van der Waals surface area contributed by atoms with Gasteiger partial charge in [-0.3, -0.25) is 0 Å². The third-order valence-electron chi connectivity index (χ3n) is 1.61. The molecule has 0 radical (unpaired) electrons. The van der Waals surface area contributed by atoms with Crippen LogP contribution in [-0.4, -0.2) is 5.21 Å². The topological polar surface area (TPSA) is 36.8 Å². The van der Waals surface area contributed by atoms with Crippen LogP contribution in [0.3, 0.4) is 0 Å². The molecule has 0 amide bonds. The van der Waals surface area contributed by atoms with Gasteiger partial charge in [-0.1, -0.05) is 15.9 Å². The summed E-state index contributed by atoms with van der Waals surface area (Å²) in [6, 6.07) is 3.86. The monoisotopic (exact) mass is 216 g/mol. The molecule has 0 bridgehead atoms. The minimum atomic E-state index is 0.850. The fourth-order valence-electron chi connectivity index (χ4n) is 1.05. The maximum Gasteiger partial charge on any atom is 0.162 e. The minimum Gasteiger partial charge on any atom is -0.215 e. The van der Waals surface area contributed by atoms with Crippen LogP contribution in [0.5, 0.6) is 0 Å². The zero-order chi connectivity index (χ0) is 8.43. The average molecular weight is 217 g/mol. The molecule has 0 fully saturated rings. The molecule has 0 aliphatic heterocycles. The largest absolute Gasteiger partial charge is 0.215 e. The normalized spacial score (nSPS) is 10.2. The van der Waals surface area contributed by atoms with Crippen molar-refractivity contribution in [3.05, 3.63) is 27.7 Å². The first-order valence-corrected chi connectivity index (χ1v) is 4.18. The number of nitrogens with two attached hydrogens (primary N) is 1. The van der Waals surface area contributed by atoms with Crippen molar-refractivity contribution in [3.63, 3.8) is 0 Å². The molecule has 0 aliphatic rings. The van der Waals surface area contributed by atoms with E-state index in [0.29, 0.717) is 0 Å². The molecule has 0 unspecified atom stereocenters. The highest BCUT2D eigenvalue weighted by molar-refractivity contribution is 9.10. The average Bonchev–Trinajstić information content (AvgIpc) is 1.99. The Labute approximate surface area is 74.3 Å². The first-order chi connectivity index (χ1) is 5.15. The number of rotatable bonds is 1. The van der Waals surface area contributed by atoms with Crippen LogP contribution in [-0.2, 0) is 0 Å². The van der Waals surface area contributed by atoms with Crippen molar-refractivity contribution in [2.24, 2.45) is 0 Å². The second kappa shape index (κ2) is 3.34. The van der Waals surface area contributed by atoms with E-state index >= 15 is 0 Å². The SMILES string of the molecule is Cc1cc([NH2+]O)cc(C)c1Br. The van der Waals surface area contributed by atoms with Gasteiger partial charge in [-0.15, -0.1) is 0 Å². The first-order valence-electron chi connectivity index (χ1n) is 3.39. The molecule has 0 spiro atoms. The van der Waals surface area contributed by atoms with E-state index < -0.39 is 0 Å². The van der Waals surface area contributed by atoms with Gasteiger partial charge >= 0.3 is 0 Å². The Balaban J connectivity index is 3.21. The maximum atomic E-state index is 8.74. The summed E-state index contributed by atoms with van der Waals surface area (Å²) in [4.78, 5) is 0. The molecule has 0 heterocycles. The maximum absolute atomic E-state index is 8.74. The Morgan fingerprint density at radius 3 is 2.09 bits per heavy atom. The Morgan fingerprint density at radius 1 is 1.27 bits per heavy atom. The molecule has 0 saturated heterocycles. The van der Waals surface area contributed by atoms with Gasteiger partial charge < -0.3 is 0 Å². The third-order valence-corrected chi connectivity index (χ3v) is 2.86. The predicted molar refractivity (Wildman–Crippen MR) is 47.0 cm³/mol. The van der Waals surface area contributed by atoms with Crippen LogP contribution < -0.4 is 5.48 Å². The summed E-state index contributed by atoms with van der Waals surface area (Å²) >= 11 is 3.45. The minimum absolute atomic E-state index is 0.850. The molecule has 60 valence electrons. The van der Waals surface area contributed by atoms with Crippen LogP contribution in [0.4, 0.5) is 5.69 Å². The van der Waals surface area contributed by atoms with E-state index in [-0.39, 0.29) is 0 Å². The standard InChI is InChI=1S/C8H10BrNO/c1-5-3-7(10-11)4-6(2)8(5)9/h3-4,10-11H,1-2H3/p+1. The van der Waals surface area contributed by atoms with Crippen molar-refractivity contribution in [1.29, 1.82) is 0 Å². The second-order valence-electron chi connectivity index (χ2n) is 2.60. The zero-order valence-electron chi connectivity index (χ0n) is 6.56. The molecule has 0 aromatic heterocycles. The molecule has 2 nitrogen and oxygen atoms in total. The van der Waals surface area contributed by atoms with Crippen LogP contribution in [0.25, 0.3) is 0 Å². The molecular formula is C8H11BrNO+. The van der Waals surface area contributed by atoms with E-state index in [0.717, 1.165) is 26.8 Å². The summed E-state index contributed by atoms with van der Waals surface area (Å²) in [5.41, 5.74) is 4.26. The number of quaternary nitrogens is 1. The molecule has 1 aromatic carbocycles. The van der Waals surface area contributed by atoms with Gasteiger partial charge in [0.25, 0.3) is 0 Å². The Kier molecular flexibility index (Phi) is 2.65. The van der Waals surface area contributed by atoms with E-state index in [1.54, 1.807) is 0 Å². The number of hydrogen-bond donors (Lipinski definition) is 2. The van der Waals surface area contributed by atoms with Crippen LogP contribution in [0.15, 0.2) is 16.6 Å². The van der Waals surface area contributed by atoms with Gasteiger partial charge in [0.1, 0.15) is 0 Å². The fourth-order valence-corrected chi connectivity index (χ4v) is 1.28. The van der Waals surface area contributed by atoms with Gasteiger partial charge in [-0.2, -0.15) is 5.48 Å². The fraction of sp³-hybridized carbons (Fsp3) is 0.250. The number of halogens is 1. The van der Waals surface area contributed by atoms with Gasteiger partial charge in [0.2, 0.25) is 0 Å². The van der Waals surface area contributed by atoms with Crippen molar-refractivity contribution in [3.8, 4) is 0 Å². The van der Waals surface area contributed by atoms with Crippen molar-refractivity contribution >= 4 is 21.6 Å². The first kappa shape index (κ1) is 8.71. The van der Waals surface area contributed by atoms with Crippen molar-refractivity contribution in [2.45, 2.75) is 13.8 Å². The number of hydrogen-bond acceptors (Lipinski definition) is 1. The summed E-state index contributed by atoms with van der Waals surface area (Å²) in [7, 11) is 0. The van der Waals surface area contributed by atoms with Crippen LogP contribution in [0.1, 0.15) is 11.1 Å². The lowest BCUT2D eigenvalue weighted by atomic mass is 10.1. The van der Waals surface area contributed by atoms with E-state index in [9.17, 15) is 0 Å². The molecule has 1 aromatic rings. The predicted octanol–water partition coefficient (Wildman–Crippen LogP) is 1.65. The highest BCUT2D eigenvalue weighted by atomic mass is 79.9. The molecule has 3 N–H and O–H groups in total. The third kappa shape index (κ3) is 1.80. The van der Waals surface area contributed by atoms with Crippen molar-refractivity contribution in [1.82, 2.24) is 0 Å². The van der Waals surface area contributed by atoms with Crippen LogP contribution in [0, 0.1) is 13.8 Å². The zero-order valence-corrected chi connectivity index (χ0v) is 8.14. The lowest BCUT2D eigenvalue weighted by molar-refractivity contribution is -0.825. The molecule has 0 atom stereocenters. The summed E-state index contributed by atoms with van der Waals surface area (Å²) in [5, 5.41) is 8.74. The lowest BCUT2D eigenvalue weighted by Crippen LogP contribution is -2.73. The molecule has 0 aliphatic carbocycles. The van der Waals surface area contributed by atoms with Gasteiger partial charge in [-0.25, -0.2) is 5.21 Å². The van der Waals surface area contributed by atoms with Crippen LogP contribution >= 0.6 is 15.9 Å². The molecule has 3 heteroatoms. The molecule has 11 heavy (non-hydrogen) atoms. The Morgan fingerprint density at radius 2 is 1.73 bits per heavy atom. The van der Waals surface area contributed by atoms with Crippen molar-refractivity contribution in [2.75, 3.05) is 0 Å². The number of benzene rings is 1. The molecule has 1 rings (SSSR count). The number of aryl methyl sites for hydroxylation is 2. The summed E-state index contributed by atoms with van der Waals surface area (Å²) < 4.78 is 1.11. The lowest BCUT2D eigenvalue weighted by Gasteiger charge is -2.02. The highest BCUT2D eigenvalue weighted by Crippen LogP contribution is 2.22. The second-order valence-corrected chi connectivity index (χ2v) is 3.39. The molecular weight excluding hydrogens is 206 g/mol. The quantitative estimate of drug-likeness (QED) is 0.544. The van der Waals surface area contributed by atoms with E-state index in [1.165, 1.54) is 0 Å². The van der Waals surface area contributed by atoms with Gasteiger partial charge in [-0.05, 0) is 25.0 Å². The molecule has 0 saturated carbocycles. The smallest absolute Gasteiger partial charge is 0.162 e. The van der Waals surface area contributed by atoms with E-state index in [4.69, 9.17) is 5.21 Å². The van der Waals surface area contributed by atoms with Gasteiger partial charge in [0.05, 0.1) is 0 Å². The van der Waals surface area contributed by atoms with Gasteiger partial charge in [0, 0.05) is 16.6 Å². The Hall–Kier alpha value is -0.380. The highest BCUT2D eigenvalue weighted by Gasteiger charge is 2.03. The summed E-state index contributed by atoms with van der Waals surface area (Å²) in [5.74, 6) is 0.